The lowest BCUT2D eigenvalue weighted by molar-refractivity contribution is 0.0919. The van der Waals surface area contributed by atoms with Gasteiger partial charge < -0.3 is 10.4 Å². The van der Waals surface area contributed by atoms with Crippen LogP contribution in [0.1, 0.15) is 55.7 Å². The lowest BCUT2D eigenvalue weighted by Crippen LogP contribution is -2.36. The quantitative estimate of drug-likeness (QED) is 0.806. The summed E-state index contributed by atoms with van der Waals surface area (Å²) in [6.07, 6.45) is 1.39. The number of rotatable bonds is 6. The lowest BCUT2D eigenvalue weighted by atomic mass is 10.1. The van der Waals surface area contributed by atoms with E-state index >= 15 is 0 Å². The number of amides is 1. The van der Waals surface area contributed by atoms with E-state index in [1.807, 2.05) is 26.8 Å². The van der Waals surface area contributed by atoms with Crippen LogP contribution in [0.15, 0.2) is 6.07 Å². The summed E-state index contributed by atoms with van der Waals surface area (Å²) in [6.45, 7) is 6.17. The third kappa shape index (κ3) is 3.57. The molecule has 102 valence electrons. The molecule has 0 spiro atoms. The molecule has 1 atom stereocenters. The molecule has 0 aliphatic heterocycles. The molecule has 0 bridgehead atoms. The van der Waals surface area contributed by atoms with Crippen molar-refractivity contribution in [2.75, 3.05) is 6.61 Å². The number of nitrogens with one attached hydrogen (secondary N) is 1. The maximum Gasteiger partial charge on any atom is 0.269 e. The van der Waals surface area contributed by atoms with Crippen molar-refractivity contribution in [2.24, 2.45) is 7.05 Å². The third-order valence-corrected chi connectivity index (χ3v) is 3.03. The SMILES string of the molecule is CCC(CCO)NC(=O)c1cc(C(C)C)nn1C. The smallest absolute Gasteiger partial charge is 0.269 e. The molecular formula is C13H23N3O2. The molecule has 0 aliphatic carbocycles. The highest BCUT2D eigenvalue weighted by Crippen LogP contribution is 2.14. The minimum atomic E-state index is -0.128. The minimum absolute atomic E-state index is 0.0138. The molecule has 1 unspecified atom stereocenters. The topological polar surface area (TPSA) is 67.2 Å². The highest BCUT2D eigenvalue weighted by molar-refractivity contribution is 5.92. The largest absolute Gasteiger partial charge is 0.396 e. The zero-order chi connectivity index (χ0) is 13.7. The van der Waals surface area contributed by atoms with Crippen LogP contribution in [0.25, 0.3) is 0 Å². The van der Waals surface area contributed by atoms with Gasteiger partial charge in [-0.2, -0.15) is 5.10 Å². The van der Waals surface area contributed by atoms with Gasteiger partial charge >= 0.3 is 0 Å². The van der Waals surface area contributed by atoms with Crippen LogP contribution in [-0.2, 0) is 7.05 Å². The number of carbonyl (C=O) groups is 1. The zero-order valence-corrected chi connectivity index (χ0v) is 11.6. The molecule has 5 nitrogen and oxygen atoms in total. The van der Waals surface area contributed by atoms with E-state index < -0.39 is 0 Å². The fraction of sp³-hybridized carbons (Fsp3) is 0.692. The number of aromatic nitrogens is 2. The first-order chi connectivity index (χ1) is 8.49. The second-order valence-corrected chi connectivity index (χ2v) is 4.82. The van der Waals surface area contributed by atoms with Gasteiger partial charge in [-0.15, -0.1) is 0 Å². The average molecular weight is 253 g/mol. The van der Waals surface area contributed by atoms with E-state index in [1.54, 1.807) is 11.7 Å². The molecule has 0 aliphatic rings. The van der Waals surface area contributed by atoms with Crippen molar-refractivity contribution in [3.63, 3.8) is 0 Å². The molecule has 1 heterocycles. The first kappa shape index (κ1) is 14.7. The Morgan fingerprint density at radius 2 is 2.22 bits per heavy atom. The van der Waals surface area contributed by atoms with Crippen LogP contribution in [0.4, 0.5) is 0 Å². The van der Waals surface area contributed by atoms with Gasteiger partial charge in [-0.1, -0.05) is 20.8 Å². The van der Waals surface area contributed by atoms with Crippen LogP contribution in [0.2, 0.25) is 0 Å². The predicted molar refractivity (Wildman–Crippen MR) is 70.5 cm³/mol. The maximum absolute atomic E-state index is 12.1. The summed E-state index contributed by atoms with van der Waals surface area (Å²) in [4.78, 5) is 12.1. The zero-order valence-electron chi connectivity index (χ0n) is 11.6. The Labute approximate surface area is 108 Å². The molecule has 18 heavy (non-hydrogen) atoms. The van der Waals surface area contributed by atoms with E-state index in [2.05, 4.69) is 10.4 Å². The molecule has 1 amide bonds. The van der Waals surface area contributed by atoms with Gasteiger partial charge in [0.05, 0.1) is 5.69 Å². The van der Waals surface area contributed by atoms with E-state index in [1.165, 1.54) is 0 Å². The Balaban J connectivity index is 2.77. The van der Waals surface area contributed by atoms with Crippen LogP contribution in [0.5, 0.6) is 0 Å². The Bertz CT molecular complexity index is 399. The van der Waals surface area contributed by atoms with Crippen LogP contribution in [-0.4, -0.2) is 33.4 Å². The number of aliphatic hydroxyl groups is 1. The normalized spacial score (nSPS) is 12.8. The van der Waals surface area contributed by atoms with E-state index in [-0.39, 0.29) is 18.6 Å². The summed E-state index contributed by atoms with van der Waals surface area (Å²) in [6, 6.07) is 1.84. The van der Waals surface area contributed by atoms with Gasteiger partial charge in [0, 0.05) is 19.7 Å². The molecule has 0 fully saturated rings. The monoisotopic (exact) mass is 253 g/mol. The summed E-state index contributed by atoms with van der Waals surface area (Å²) < 4.78 is 1.61. The number of hydrogen-bond acceptors (Lipinski definition) is 3. The van der Waals surface area contributed by atoms with Crippen molar-refractivity contribution >= 4 is 5.91 Å². The molecule has 2 N–H and O–H groups in total. The molecule has 1 aromatic rings. The second-order valence-electron chi connectivity index (χ2n) is 4.82. The van der Waals surface area contributed by atoms with E-state index in [9.17, 15) is 4.79 Å². The Morgan fingerprint density at radius 1 is 1.56 bits per heavy atom. The van der Waals surface area contributed by atoms with E-state index in [0.29, 0.717) is 18.0 Å². The standard InChI is InChI=1S/C13H23N3O2/c1-5-10(6-7-17)14-13(18)12-8-11(9(2)3)15-16(12)4/h8-10,17H,5-7H2,1-4H3,(H,14,18). The van der Waals surface area contributed by atoms with Crippen molar-refractivity contribution in [1.82, 2.24) is 15.1 Å². The van der Waals surface area contributed by atoms with E-state index in [4.69, 9.17) is 5.11 Å². The van der Waals surface area contributed by atoms with Gasteiger partial charge in [0.1, 0.15) is 5.69 Å². The maximum atomic E-state index is 12.1. The van der Waals surface area contributed by atoms with Gasteiger partial charge in [0.2, 0.25) is 0 Å². The average Bonchev–Trinajstić information content (AvgIpc) is 2.71. The number of aryl methyl sites for hydroxylation is 1. The summed E-state index contributed by atoms with van der Waals surface area (Å²) in [5.74, 6) is 0.175. The molecular weight excluding hydrogens is 230 g/mol. The Kier molecular flexibility index (Phi) is 5.34. The highest BCUT2D eigenvalue weighted by Gasteiger charge is 2.17. The van der Waals surface area contributed by atoms with Crippen LogP contribution in [0.3, 0.4) is 0 Å². The van der Waals surface area contributed by atoms with Crippen LogP contribution >= 0.6 is 0 Å². The summed E-state index contributed by atoms with van der Waals surface area (Å²) >= 11 is 0. The molecule has 0 radical (unpaired) electrons. The summed E-state index contributed by atoms with van der Waals surface area (Å²) in [5.41, 5.74) is 1.48. The van der Waals surface area contributed by atoms with Crippen molar-refractivity contribution in [3.8, 4) is 0 Å². The molecule has 1 rings (SSSR count). The number of nitrogens with zero attached hydrogens (tertiary/aromatic N) is 2. The number of aliphatic hydroxyl groups excluding tert-OH is 1. The van der Waals surface area contributed by atoms with Gasteiger partial charge in [-0.3, -0.25) is 9.48 Å². The Hall–Kier alpha value is -1.36. The lowest BCUT2D eigenvalue weighted by Gasteiger charge is -2.15. The molecule has 0 saturated carbocycles. The van der Waals surface area contributed by atoms with Crippen molar-refractivity contribution < 1.29 is 9.90 Å². The van der Waals surface area contributed by atoms with Gasteiger partial charge in [0.25, 0.3) is 5.91 Å². The molecule has 5 heteroatoms. The van der Waals surface area contributed by atoms with Crippen molar-refractivity contribution in [2.45, 2.75) is 45.6 Å². The summed E-state index contributed by atoms with van der Waals surface area (Å²) in [5, 5.41) is 16.1. The third-order valence-electron chi connectivity index (χ3n) is 3.03. The van der Waals surface area contributed by atoms with Gasteiger partial charge in [-0.25, -0.2) is 0 Å². The molecule has 0 saturated heterocycles. The van der Waals surface area contributed by atoms with E-state index in [0.717, 1.165) is 12.1 Å². The minimum Gasteiger partial charge on any atom is -0.396 e. The highest BCUT2D eigenvalue weighted by atomic mass is 16.3. The van der Waals surface area contributed by atoms with Crippen molar-refractivity contribution in [1.29, 1.82) is 0 Å². The fourth-order valence-corrected chi connectivity index (χ4v) is 1.78. The second kappa shape index (κ2) is 6.54. The Morgan fingerprint density at radius 3 is 2.67 bits per heavy atom. The van der Waals surface area contributed by atoms with Crippen LogP contribution < -0.4 is 5.32 Å². The number of hydrogen-bond donors (Lipinski definition) is 2. The van der Waals surface area contributed by atoms with Gasteiger partial charge in [0.15, 0.2) is 0 Å². The molecule has 0 aromatic carbocycles. The molecule has 1 aromatic heterocycles. The first-order valence-electron chi connectivity index (χ1n) is 6.45. The van der Waals surface area contributed by atoms with Crippen LogP contribution in [0, 0.1) is 0 Å². The summed E-state index contributed by atoms with van der Waals surface area (Å²) in [7, 11) is 1.77. The predicted octanol–water partition coefficient (Wildman–Crippen LogP) is 1.43. The van der Waals surface area contributed by atoms with Crippen molar-refractivity contribution in [3.05, 3.63) is 17.5 Å². The number of carbonyl (C=O) groups excluding carboxylic acids is 1. The first-order valence-corrected chi connectivity index (χ1v) is 6.45. The van der Waals surface area contributed by atoms with Gasteiger partial charge in [-0.05, 0) is 24.8 Å². The fourth-order valence-electron chi connectivity index (χ4n) is 1.78.